The van der Waals surface area contributed by atoms with Gasteiger partial charge in [-0.15, -0.1) is 0 Å². The second-order valence-electron chi connectivity index (χ2n) is 5.81. The lowest BCUT2D eigenvalue weighted by Gasteiger charge is -2.11. The van der Waals surface area contributed by atoms with E-state index in [2.05, 4.69) is 44.1 Å². The van der Waals surface area contributed by atoms with E-state index in [0.29, 0.717) is 23.2 Å². The summed E-state index contributed by atoms with van der Waals surface area (Å²) in [6.07, 6.45) is 0.372. The number of nitrogens with one attached hydrogen (secondary N) is 4. The molecule has 2 rings (SSSR count). The number of carbonyl (C=O) groups excluding carboxylic acids is 3. The molecule has 0 bridgehead atoms. The van der Waals surface area contributed by atoms with Crippen LogP contribution >= 0.6 is 34.8 Å². The number of thiocarbonyl (C=S) groups is 1. The van der Waals surface area contributed by atoms with Crippen LogP contribution in [0.2, 0.25) is 0 Å². The molecule has 2 aromatic carbocycles. The maximum Gasteiger partial charge on any atom is 0.269 e. The molecule has 0 aliphatic carbocycles. The highest BCUT2D eigenvalue weighted by Crippen LogP contribution is 2.13. The van der Waals surface area contributed by atoms with Crippen LogP contribution < -0.4 is 21.5 Å². The molecule has 0 saturated heterocycles. The van der Waals surface area contributed by atoms with Gasteiger partial charge in [-0.1, -0.05) is 13.0 Å². The van der Waals surface area contributed by atoms with Gasteiger partial charge in [0.25, 0.3) is 11.8 Å². The Balaban J connectivity index is 1.86. The summed E-state index contributed by atoms with van der Waals surface area (Å²) in [6, 6.07) is 11.7. The average molecular weight is 510 g/mol. The van der Waals surface area contributed by atoms with Crippen molar-refractivity contribution in [1.82, 2.24) is 16.2 Å². The molecule has 146 valence electrons. The van der Waals surface area contributed by atoms with Gasteiger partial charge in [-0.25, -0.2) is 0 Å². The molecule has 0 saturated carbocycles. The SMILES string of the molecule is CCC(=O)Nc1ccc(C(=O)NNC(=S)NC(=O)c2ccc(C)c(I)c2)cc1. The van der Waals surface area contributed by atoms with Crippen molar-refractivity contribution in [3.05, 3.63) is 62.7 Å². The van der Waals surface area contributed by atoms with Gasteiger partial charge in [0.15, 0.2) is 5.11 Å². The first-order valence-corrected chi connectivity index (χ1v) is 9.86. The van der Waals surface area contributed by atoms with E-state index >= 15 is 0 Å². The van der Waals surface area contributed by atoms with E-state index < -0.39 is 5.91 Å². The summed E-state index contributed by atoms with van der Waals surface area (Å²) in [5.74, 6) is -0.918. The number of hydrogen-bond donors (Lipinski definition) is 4. The molecule has 0 heterocycles. The van der Waals surface area contributed by atoms with E-state index in [1.165, 1.54) is 0 Å². The summed E-state index contributed by atoms with van der Waals surface area (Å²) in [4.78, 5) is 35.7. The third-order valence-electron chi connectivity index (χ3n) is 3.70. The highest BCUT2D eigenvalue weighted by atomic mass is 127. The molecule has 0 unspecified atom stereocenters. The van der Waals surface area contributed by atoms with Gasteiger partial charge in [0.1, 0.15) is 0 Å². The molecule has 0 spiro atoms. The Bertz CT molecular complexity index is 916. The van der Waals surface area contributed by atoms with Crippen LogP contribution in [0.1, 0.15) is 39.6 Å². The Kier molecular flexibility index (Phi) is 7.88. The number of benzene rings is 2. The van der Waals surface area contributed by atoms with Crippen molar-refractivity contribution < 1.29 is 14.4 Å². The highest BCUT2D eigenvalue weighted by molar-refractivity contribution is 14.1. The molecule has 28 heavy (non-hydrogen) atoms. The molecular weight excluding hydrogens is 491 g/mol. The summed E-state index contributed by atoms with van der Waals surface area (Å²) in [7, 11) is 0. The summed E-state index contributed by atoms with van der Waals surface area (Å²) < 4.78 is 0.969. The Labute approximate surface area is 181 Å². The fourth-order valence-electron chi connectivity index (χ4n) is 2.08. The third kappa shape index (κ3) is 6.27. The van der Waals surface area contributed by atoms with Crippen molar-refractivity contribution >= 4 is 63.3 Å². The normalized spacial score (nSPS) is 9.96. The first-order chi connectivity index (χ1) is 13.3. The molecular formula is C19H19IN4O3S. The number of halogens is 1. The number of amides is 3. The first-order valence-electron chi connectivity index (χ1n) is 8.38. The largest absolute Gasteiger partial charge is 0.326 e. The number of anilines is 1. The van der Waals surface area contributed by atoms with E-state index in [4.69, 9.17) is 12.2 Å². The molecule has 0 aliphatic heterocycles. The fraction of sp³-hybridized carbons (Fsp3) is 0.158. The van der Waals surface area contributed by atoms with E-state index in [1.54, 1.807) is 43.3 Å². The number of hydrazine groups is 1. The lowest BCUT2D eigenvalue weighted by atomic mass is 10.1. The quantitative estimate of drug-likeness (QED) is 0.288. The molecule has 0 fully saturated rings. The summed E-state index contributed by atoms with van der Waals surface area (Å²) >= 11 is 7.18. The van der Waals surface area contributed by atoms with Gasteiger partial charge < -0.3 is 5.32 Å². The van der Waals surface area contributed by atoms with Crippen LogP contribution in [0.4, 0.5) is 5.69 Å². The fourth-order valence-corrected chi connectivity index (χ4v) is 2.74. The molecule has 2 aromatic rings. The second kappa shape index (κ2) is 10.1. The standard InChI is InChI=1S/C19H19IN4O3S/c1-3-16(25)21-14-8-6-12(7-9-14)18(27)23-24-19(28)22-17(26)13-5-4-11(2)15(20)10-13/h4-10H,3H2,1-2H3,(H,21,25)(H,23,27)(H2,22,24,26,28). The lowest BCUT2D eigenvalue weighted by Crippen LogP contribution is -2.48. The molecule has 4 N–H and O–H groups in total. The monoisotopic (exact) mass is 510 g/mol. The number of aryl methyl sites for hydroxylation is 1. The van der Waals surface area contributed by atoms with Crippen LogP contribution in [-0.2, 0) is 4.79 Å². The number of carbonyl (C=O) groups is 3. The Morgan fingerprint density at radius 1 is 0.964 bits per heavy atom. The summed E-state index contributed by atoms with van der Waals surface area (Å²) in [5, 5.41) is 5.17. The smallest absolute Gasteiger partial charge is 0.269 e. The van der Waals surface area contributed by atoms with Crippen LogP contribution in [0.25, 0.3) is 0 Å². The third-order valence-corrected chi connectivity index (χ3v) is 5.07. The zero-order chi connectivity index (χ0) is 20.7. The van der Waals surface area contributed by atoms with Gasteiger partial charge in [-0.05, 0) is 83.7 Å². The summed E-state index contributed by atoms with van der Waals surface area (Å²) in [6.45, 7) is 3.71. The highest BCUT2D eigenvalue weighted by Gasteiger charge is 2.11. The van der Waals surface area contributed by atoms with Gasteiger partial charge in [-0.2, -0.15) is 0 Å². The number of rotatable bonds is 4. The minimum atomic E-state index is -0.435. The lowest BCUT2D eigenvalue weighted by molar-refractivity contribution is -0.115. The molecule has 9 heteroatoms. The topological polar surface area (TPSA) is 99.3 Å². The van der Waals surface area contributed by atoms with E-state index in [9.17, 15) is 14.4 Å². The van der Waals surface area contributed by atoms with Crippen molar-refractivity contribution in [2.24, 2.45) is 0 Å². The van der Waals surface area contributed by atoms with Crippen molar-refractivity contribution in [2.45, 2.75) is 20.3 Å². The number of hydrogen-bond acceptors (Lipinski definition) is 4. The zero-order valence-electron chi connectivity index (χ0n) is 15.3. The van der Waals surface area contributed by atoms with Crippen molar-refractivity contribution in [3.8, 4) is 0 Å². The molecule has 0 radical (unpaired) electrons. The Morgan fingerprint density at radius 3 is 2.21 bits per heavy atom. The molecule has 3 amide bonds. The minimum absolute atomic E-state index is 0.0271. The van der Waals surface area contributed by atoms with Crippen LogP contribution in [0, 0.1) is 10.5 Å². The summed E-state index contributed by atoms with van der Waals surface area (Å²) in [5.41, 5.74) is 7.42. The van der Waals surface area contributed by atoms with Crippen LogP contribution in [0.5, 0.6) is 0 Å². The predicted molar refractivity (Wildman–Crippen MR) is 120 cm³/mol. The van der Waals surface area contributed by atoms with Gasteiger partial charge in [0, 0.05) is 26.8 Å². The molecule has 7 nitrogen and oxygen atoms in total. The Morgan fingerprint density at radius 2 is 1.61 bits per heavy atom. The van der Waals surface area contributed by atoms with Gasteiger partial charge in [0.2, 0.25) is 5.91 Å². The maximum atomic E-state index is 12.2. The van der Waals surface area contributed by atoms with Crippen LogP contribution in [-0.4, -0.2) is 22.8 Å². The minimum Gasteiger partial charge on any atom is -0.326 e. The second-order valence-corrected chi connectivity index (χ2v) is 7.38. The molecule has 0 aromatic heterocycles. The first kappa shape index (κ1) is 21.8. The van der Waals surface area contributed by atoms with Crippen molar-refractivity contribution in [1.29, 1.82) is 0 Å². The predicted octanol–water partition coefficient (Wildman–Crippen LogP) is 2.90. The van der Waals surface area contributed by atoms with Crippen LogP contribution in [0.15, 0.2) is 42.5 Å². The van der Waals surface area contributed by atoms with E-state index in [1.807, 2.05) is 13.0 Å². The Hall–Kier alpha value is -2.53. The van der Waals surface area contributed by atoms with Gasteiger partial charge >= 0.3 is 0 Å². The molecule has 0 aliphatic rings. The van der Waals surface area contributed by atoms with Crippen molar-refractivity contribution in [3.63, 3.8) is 0 Å². The van der Waals surface area contributed by atoms with E-state index in [-0.39, 0.29) is 16.9 Å². The zero-order valence-corrected chi connectivity index (χ0v) is 18.2. The molecule has 0 atom stereocenters. The maximum absolute atomic E-state index is 12.2. The van der Waals surface area contributed by atoms with Crippen LogP contribution in [0.3, 0.4) is 0 Å². The average Bonchev–Trinajstić information content (AvgIpc) is 2.68. The van der Waals surface area contributed by atoms with Gasteiger partial charge in [-0.3, -0.25) is 30.6 Å². The van der Waals surface area contributed by atoms with Crippen molar-refractivity contribution in [2.75, 3.05) is 5.32 Å². The van der Waals surface area contributed by atoms with E-state index in [0.717, 1.165) is 9.13 Å². The van der Waals surface area contributed by atoms with Gasteiger partial charge in [0.05, 0.1) is 0 Å².